The highest BCUT2D eigenvalue weighted by Gasteiger charge is 2.12. The van der Waals surface area contributed by atoms with Gasteiger partial charge in [0.2, 0.25) is 0 Å². The van der Waals surface area contributed by atoms with E-state index in [-0.39, 0.29) is 16.5 Å². The molecule has 1 heterocycles. The van der Waals surface area contributed by atoms with E-state index in [1.54, 1.807) is 25.1 Å². The van der Waals surface area contributed by atoms with Gasteiger partial charge in [-0.15, -0.1) is 0 Å². The van der Waals surface area contributed by atoms with E-state index < -0.39 is 5.91 Å². The second kappa shape index (κ2) is 5.59. The van der Waals surface area contributed by atoms with Crippen LogP contribution in [0.15, 0.2) is 30.3 Å². The third-order valence-electron chi connectivity index (χ3n) is 2.71. The standard InChI is InChI=1S/C14H11ClN4O/c1-8-3-2-4-11(10(8)7-16)18-14(20)9-5-12(15)19-13(17)6-9/h2-6H,1H3,(H2,17,19)(H,18,20). The average Bonchev–Trinajstić information content (AvgIpc) is 2.37. The first-order valence-electron chi connectivity index (χ1n) is 5.75. The van der Waals surface area contributed by atoms with Gasteiger partial charge >= 0.3 is 0 Å². The SMILES string of the molecule is Cc1cccc(NC(=O)c2cc(N)nc(Cl)c2)c1C#N. The fourth-order valence-corrected chi connectivity index (χ4v) is 1.98. The topological polar surface area (TPSA) is 91.8 Å². The molecule has 5 nitrogen and oxygen atoms in total. The number of benzene rings is 1. The van der Waals surface area contributed by atoms with Gasteiger partial charge in [0.15, 0.2) is 0 Å². The number of hydrogen-bond donors (Lipinski definition) is 2. The summed E-state index contributed by atoms with van der Waals surface area (Å²) in [5.41, 5.74) is 7.49. The van der Waals surface area contributed by atoms with Gasteiger partial charge in [-0.2, -0.15) is 5.26 Å². The summed E-state index contributed by atoms with van der Waals surface area (Å²) in [4.78, 5) is 15.9. The van der Waals surface area contributed by atoms with E-state index in [0.29, 0.717) is 11.3 Å². The van der Waals surface area contributed by atoms with Crippen LogP contribution in [0.2, 0.25) is 5.15 Å². The summed E-state index contributed by atoms with van der Waals surface area (Å²) < 4.78 is 0. The Kier molecular flexibility index (Phi) is 3.87. The lowest BCUT2D eigenvalue weighted by Gasteiger charge is -2.09. The van der Waals surface area contributed by atoms with Gasteiger partial charge in [0.05, 0.1) is 11.3 Å². The fraction of sp³-hybridized carbons (Fsp3) is 0.0714. The Morgan fingerprint density at radius 2 is 2.20 bits per heavy atom. The van der Waals surface area contributed by atoms with Gasteiger partial charge in [-0.1, -0.05) is 23.7 Å². The van der Waals surface area contributed by atoms with E-state index in [1.165, 1.54) is 12.1 Å². The Morgan fingerprint density at radius 3 is 2.85 bits per heavy atom. The van der Waals surface area contributed by atoms with Crippen molar-refractivity contribution in [1.29, 1.82) is 5.26 Å². The highest BCUT2D eigenvalue weighted by atomic mass is 35.5. The summed E-state index contributed by atoms with van der Waals surface area (Å²) in [6.07, 6.45) is 0. The molecule has 0 aliphatic heterocycles. The number of aryl methyl sites for hydroxylation is 1. The van der Waals surface area contributed by atoms with Crippen molar-refractivity contribution in [1.82, 2.24) is 4.98 Å². The summed E-state index contributed by atoms with van der Waals surface area (Å²) in [7, 11) is 0. The van der Waals surface area contributed by atoms with Crippen molar-refractivity contribution < 1.29 is 4.79 Å². The van der Waals surface area contributed by atoms with Crippen LogP contribution in [0.1, 0.15) is 21.5 Å². The molecule has 0 aliphatic carbocycles. The molecule has 0 fully saturated rings. The number of nitrogens with two attached hydrogens (primary N) is 1. The van der Waals surface area contributed by atoms with Crippen LogP contribution in [-0.2, 0) is 0 Å². The summed E-state index contributed by atoms with van der Waals surface area (Å²) in [5, 5.41) is 11.9. The molecular formula is C14H11ClN4O. The smallest absolute Gasteiger partial charge is 0.255 e. The van der Waals surface area contributed by atoms with E-state index >= 15 is 0 Å². The maximum Gasteiger partial charge on any atom is 0.255 e. The number of amides is 1. The number of nitrogen functional groups attached to an aromatic ring is 1. The number of carbonyl (C=O) groups excluding carboxylic acids is 1. The van der Waals surface area contributed by atoms with Crippen molar-refractivity contribution in [3.63, 3.8) is 0 Å². The molecule has 2 aromatic rings. The fourth-order valence-electron chi connectivity index (χ4n) is 1.76. The maximum absolute atomic E-state index is 12.1. The van der Waals surface area contributed by atoms with Crippen molar-refractivity contribution >= 4 is 29.0 Å². The quantitative estimate of drug-likeness (QED) is 0.830. The van der Waals surface area contributed by atoms with Crippen molar-refractivity contribution in [2.45, 2.75) is 6.92 Å². The molecule has 1 aromatic heterocycles. The van der Waals surface area contributed by atoms with Gasteiger partial charge in [0, 0.05) is 5.56 Å². The van der Waals surface area contributed by atoms with E-state index in [2.05, 4.69) is 16.4 Å². The Hall–Kier alpha value is -2.58. The third kappa shape index (κ3) is 2.87. The van der Waals surface area contributed by atoms with Crippen LogP contribution in [0.4, 0.5) is 11.5 Å². The molecule has 20 heavy (non-hydrogen) atoms. The largest absolute Gasteiger partial charge is 0.384 e. The first-order chi connectivity index (χ1) is 9.51. The summed E-state index contributed by atoms with van der Waals surface area (Å²) in [5.74, 6) is -0.240. The number of aromatic nitrogens is 1. The number of rotatable bonds is 2. The lowest BCUT2D eigenvalue weighted by molar-refractivity contribution is 0.102. The molecule has 0 unspecified atom stereocenters. The van der Waals surface area contributed by atoms with Crippen LogP contribution < -0.4 is 11.1 Å². The molecule has 1 amide bonds. The lowest BCUT2D eigenvalue weighted by Crippen LogP contribution is -2.14. The monoisotopic (exact) mass is 286 g/mol. The van der Waals surface area contributed by atoms with Crippen LogP contribution in [0.5, 0.6) is 0 Å². The molecule has 3 N–H and O–H groups in total. The van der Waals surface area contributed by atoms with Crippen molar-refractivity contribution in [3.05, 3.63) is 52.2 Å². The average molecular weight is 287 g/mol. The summed E-state index contributed by atoms with van der Waals surface area (Å²) in [6, 6.07) is 10.1. The molecule has 100 valence electrons. The van der Waals surface area contributed by atoms with Gasteiger partial charge in [-0.25, -0.2) is 4.98 Å². The van der Waals surface area contributed by atoms with Gasteiger partial charge in [0.25, 0.3) is 5.91 Å². The number of hydrogen-bond acceptors (Lipinski definition) is 4. The first-order valence-corrected chi connectivity index (χ1v) is 6.13. The Bertz CT molecular complexity index is 701. The Balaban J connectivity index is 2.33. The van der Waals surface area contributed by atoms with Crippen molar-refractivity contribution in [3.8, 4) is 6.07 Å². The van der Waals surface area contributed by atoms with E-state index in [9.17, 15) is 4.79 Å². The zero-order valence-corrected chi connectivity index (χ0v) is 11.4. The highest BCUT2D eigenvalue weighted by molar-refractivity contribution is 6.30. The van der Waals surface area contributed by atoms with Crippen molar-refractivity contribution in [2.75, 3.05) is 11.1 Å². The molecule has 0 bridgehead atoms. The molecule has 6 heteroatoms. The molecule has 0 saturated heterocycles. The zero-order chi connectivity index (χ0) is 14.7. The van der Waals surface area contributed by atoms with E-state index in [0.717, 1.165) is 5.56 Å². The summed E-state index contributed by atoms with van der Waals surface area (Å²) in [6.45, 7) is 1.80. The molecule has 0 spiro atoms. The molecule has 2 rings (SSSR count). The molecule has 0 radical (unpaired) electrons. The predicted octanol–water partition coefficient (Wildman–Crippen LogP) is 2.75. The molecule has 1 aromatic carbocycles. The van der Waals surface area contributed by atoms with Crippen LogP contribution in [0.3, 0.4) is 0 Å². The Morgan fingerprint density at radius 1 is 1.45 bits per heavy atom. The number of anilines is 2. The number of carbonyl (C=O) groups is 1. The number of nitrogens with zero attached hydrogens (tertiary/aromatic N) is 2. The maximum atomic E-state index is 12.1. The van der Waals surface area contributed by atoms with Crippen LogP contribution in [0, 0.1) is 18.3 Å². The van der Waals surface area contributed by atoms with Gasteiger partial charge in [-0.05, 0) is 30.7 Å². The Labute approximate surface area is 121 Å². The van der Waals surface area contributed by atoms with E-state index in [1.807, 2.05) is 0 Å². The number of nitriles is 1. The number of nitrogens with one attached hydrogen (secondary N) is 1. The zero-order valence-electron chi connectivity index (χ0n) is 10.6. The van der Waals surface area contributed by atoms with Gasteiger partial charge < -0.3 is 11.1 Å². The van der Waals surface area contributed by atoms with Gasteiger partial charge in [0.1, 0.15) is 17.0 Å². The van der Waals surface area contributed by atoms with Crippen LogP contribution >= 0.6 is 11.6 Å². The molecule has 0 atom stereocenters. The third-order valence-corrected chi connectivity index (χ3v) is 2.90. The number of halogens is 1. The summed E-state index contributed by atoms with van der Waals surface area (Å²) >= 11 is 5.76. The van der Waals surface area contributed by atoms with Gasteiger partial charge in [-0.3, -0.25) is 4.79 Å². The minimum atomic E-state index is -0.400. The first kappa shape index (κ1) is 13.8. The molecule has 0 saturated carbocycles. The normalized spacial score (nSPS) is 9.85. The van der Waals surface area contributed by atoms with E-state index in [4.69, 9.17) is 22.6 Å². The second-order valence-corrected chi connectivity index (χ2v) is 4.55. The highest BCUT2D eigenvalue weighted by Crippen LogP contribution is 2.20. The predicted molar refractivity (Wildman–Crippen MR) is 77.5 cm³/mol. The van der Waals surface area contributed by atoms with Crippen LogP contribution in [0.25, 0.3) is 0 Å². The molecular weight excluding hydrogens is 276 g/mol. The minimum Gasteiger partial charge on any atom is -0.384 e. The molecule has 0 aliphatic rings. The lowest BCUT2D eigenvalue weighted by atomic mass is 10.1. The van der Waals surface area contributed by atoms with Crippen molar-refractivity contribution in [2.24, 2.45) is 0 Å². The van der Waals surface area contributed by atoms with Crippen LogP contribution in [-0.4, -0.2) is 10.9 Å². The minimum absolute atomic E-state index is 0.139. The number of pyridine rings is 1. The second-order valence-electron chi connectivity index (χ2n) is 4.17.